The minimum atomic E-state index is 0.514. The molecule has 1 aliphatic rings. The van der Waals surface area contributed by atoms with Crippen molar-refractivity contribution in [2.24, 2.45) is 5.92 Å². The molecule has 0 aromatic carbocycles. The third-order valence-corrected chi connectivity index (χ3v) is 5.31. The molecular weight excluding hydrogens is 294 g/mol. The Bertz CT molecular complexity index is 764. The monoisotopic (exact) mass is 313 g/mol. The average molecular weight is 313 g/mol. The number of rotatable bonds is 3. The first kappa shape index (κ1) is 13.7. The summed E-state index contributed by atoms with van der Waals surface area (Å²) in [5, 5.41) is 18.8. The average Bonchev–Trinajstić information content (AvgIpc) is 3.18. The van der Waals surface area contributed by atoms with Crippen molar-refractivity contribution in [1.29, 1.82) is 0 Å². The molecule has 114 valence electrons. The van der Waals surface area contributed by atoms with Crippen molar-refractivity contribution in [3.05, 3.63) is 29.6 Å². The van der Waals surface area contributed by atoms with E-state index in [4.69, 9.17) is 5.10 Å². The van der Waals surface area contributed by atoms with E-state index in [0.29, 0.717) is 12.0 Å². The topological polar surface area (TPSA) is 55.1 Å². The van der Waals surface area contributed by atoms with Gasteiger partial charge in [0.1, 0.15) is 5.82 Å². The van der Waals surface area contributed by atoms with Crippen molar-refractivity contribution in [3.8, 4) is 10.7 Å². The number of fused-ring (bicyclic) bond motifs is 1. The summed E-state index contributed by atoms with van der Waals surface area (Å²) >= 11 is 1.65. The van der Waals surface area contributed by atoms with Gasteiger partial charge in [-0.25, -0.2) is 0 Å². The Morgan fingerprint density at radius 2 is 2.09 bits per heavy atom. The molecule has 22 heavy (non-hydrogen) atoms. The van der Waals surface area contributed by atoms with Crippen LogP contribution in [0.4, 0.5) is 5.82 Å². The van der Waals surface area contributed by atoms with E-state index in [0.717, 1.165) is 22.2 Å². The van der Waals surface area contributed by atoms with Crippen LogP contribution >= 0.6 is 11.3 Å². The normalized spacial score (nSPS) is 22.0. The van der Waals surface area contributed by atoms with E-state index in [2.05, 4.69) is 22.4 Å². The summed E-state index contributed by atoms with van der Waals surface area (Å²) in [6.45, 7) is 2.32. The molecule has 0 radical (unpaired) electrons. The van der Waals surface area contributed by atoms with E-state index >= 15 is 0 Å². The standard InChI is InChI=1S/C16H19N5S/c1-11-5-2-3-6-12(11)17-14-8-9-15-18-19-16(21(15)20-14)13-7-4-10-22-13/h4,7-12H,2-3,5-6H2,1H3,(H,17,20). The van der Waals surface area contributed by atoms with E-state index in [1.165, 1.54) is 25.7 Å². The van der Waals surface area contributed by atoms with Crippen LogP contribution in [0.15, 0.2) is 29.6 Å². The molecule has 2 unspecified atom stereocenters. The summed E-state index contributed by atoms with van der Waals surface area (Å²) < 4.78 is 1.83. The molecule has 0 spiro atoms. The lowest BCUT2D eigenvalue weighted by atomic mass is 9.86. The summed E-state index contributed by atoms with van der Waals surface area (Å²) in [6, 6.07) is 8.57. The molecule has 1 fully saturated rings. The number of nitrogens with one attached hydrogen (secondary N) is 1. The van der Waals surface area contributed by atoms with E-state index in [-0.39, 0.29) is 0 Å². The third-order valence-electron chi connectivity index (χ3n) is 4.45. The largest absolute Gasteiger partial charge is 0.366 e. The van der Waals surface area contributed by atoms with Gasteiger partial charge in [0, 0.05) is 6.04 Å². The maximum atomic E-state index is 4.71. The van der Waals surface area contributed by atoms with Gasteiger partial charge in [-0.15, -0.1) is 26.6 Å². The second-order valence-corrected chi connectivity index (χ2v) is 6.95. The number of nitrogens with zero attached hydrogens (tertiary/aromatic N) is 4. The fourth-order valence-electron chi connectivity index (χ4n) is 3.15. The zero-order valence-electron chi connectivity index (χ0n) is 12.6. The fourth-order valence-corrected chi connectivity index (χ4v) is 3.84. The van der Waals surface area contributed by atoms with Gasteiger partial charge >= 0.3 is 0 Å². The first-order chi connectivity index (χ1) is 10.8. The van der Waals surface area contributed by atoms with Crippen molar-refractivity contribution < 1.29 is 0 Å². The minimum absolute atomic E-state index is 0.514. The summed E-state index contributed by atoms with van der Waals surface area (Å²) in [7, 11) is 0. The Balaban J connectivity index is 1.66. The van der Waals surface area contributed by atoms with Gasteiger partial charge in [-0.1, -0.05) is 25.8 Å². The number of hydrogen-bond acceptors (Lipinski definition) is 5. The Hall–Kier alpha value is -1.95. The Morgan fingerprint density at radius 3 is 2.91 bits per heavy atom. The summed E-state index contributed by atoms with van der Waals surface area (Å²) in [4.78, 5) is 1.09. The molecule has 3 aromatic rings. The Morgan fingerprint density at radius 1 is 1.18 bits per heavy atom. The summed E-state index contributed by atoms with van der Waals surface area (Å²) in [6.07, 6.45) is 5.17. The van der Waals surface area contributed by atoms with Gasteiger partial charge in [0.25, 0.3) is 0 Å². The van der Waals surface area contributed by atoms with Crippen LogP contribution in [0.3, 0.4) is 0 Å². The molecule has 2 atom stereocenters. The number of anilines is 1. The SMILES string of the molecule is CC1CCCCC1Nc1ccc2nnc(-c3cccs3)n2n1. The van der Waals surface area contributed by atoms with Gasteiger partial charge in [0.05, 0.1) is 4.88 Å². The van der Waals surface area contributed by atoms with Crippen LogP contribution in [0.5, 0.6) is 0 Å². The minimum Gasteiger partial charge on any atom is -0.366 e. The number of aromatic nitrogens is 4. The second kappa shape index (κ2) is 5.68. The molecule has 0 amide bonds. The Labute approximate surface area is 133 Å². The number of hydrogen-bond donors (Lipinski definition) is 1. The zero-order chi connectivity index (χ0) is 14.9. The maximum Gasteiger partial charge on any atom is 0.195 e. The van der Waals surface area contributed by atoms with Gasteiger partial charge in [0.2, 0.25) is 0 Å². The van der Waals surface area contributed by atoms with E-state index < -0.39 is 0 Å². The third kappa shape index (κ3) is 2.47. The predicted molar refractivity (Wildman–Crippen MR) is 89.1 cm³/mol. The van der Waals surface area contributed by atoms with Crippen molar-refractivity contribution in [2.75, 3.05) is 5.32 Å². The van der Waals surface area contributed by atoms with Crippen LogP contribution in [0, 0.1) is 5.92 Å². The van der Waals surface area contributed by atoms with Crippen molar-refractivity contribution in [3.63, 3.8) is 0 Å². The Kier molecular flexibility index (Phi) is 3.54. The maximum absolute atomic E-state index is 4.71. The highest BCUT2D eigenvalue weighted by Gasteiger charge is 2.21. The first-order valence-corrected chi connectivity index (χ1v) is 8.72. The lowest BCUT2D eigenvalue weighted by Gasteiger charge is -2.29. The van der Waals surface area contributed by atoms with Crippen molar-refractivity contribution in [1.82, 2.24) is 19.8 Å². The summed E-state index contributed by atoms with van der Waals surface area (Å²) in [5.41, 5.74) is 0.783. The highest BCUT2D eigenvalue weighted by Crippen LogP contribution is 2.27. The van der Waals surface area contributed by atoms with Gasteiger partial charge in [0.15, 0.2) is 11.5 Å². The van der Waals surface area contributed by atoms with Crippen LogP contribution in [-0.2, 0) is 0 Å². The molecule has 0 saturated heterocycles. The van der Waals surface area contributed by atoms with Crippen LogP contribution in [0.1, 0.15) is 32.6 Å². The predicted octanol–water partition coefficient (Wildman–Crippen LogP) is 3.84. The molecule has 6 heteroatoms. The second-order valence-electron chi connectivity index (χ2n) is 6.00. The van der Waals surface area contributed by atoms with Crippen LogP contribution in [-0.4, -0.2) is 25.9 Å². The van der Waals surface area contributed by atoms with Gasteiger partial charge < -0.3 is 5.32 Å². The number of thiophene rings is 1. The van der Waals surface area contributed by atoms with Crippen LogP contribution in [0.2, 0.25) is 0 Å². The molecule has 5 nitrogen and oxygen atoms in total. The summed E-state index contributed by atoms with van der Waals surface area (Å²) in [5.74, 6) is 2.41. The highest BCUT2D eigenvalue weighted by molar-refractivity contribution is 7.13. The highest BCUT2D eigenvalue weighted by atomic mass is 32.1. The van der Waals surface area contributed by atoms with Gasteiger partial charge in [-0.05, 0) is 42.3 Å². The van der Waals surface area contributed by atoms with Gasteiger partial charge in [-0.3, -0.25) is 0 Å². The fraction of sp³-hybridized carbons (Fsp3) is 0.438. The van der Waals surface area contributed by atoms with Crippen molar-refractivity contribution >= 4 is 22.8 Å². The molecule has 0 aliphatic heterocycles. The smallest absolute Gasteiger partial charge is 0.195 e. The van der Waals surface area contributed by atoms with E-state index in [1.807, 2.05) is 34.2 Å². The molecule has 1 saturated carbocycles. The lowest BCUT2D eigenvalue weighted by molar-refractivity contribution is 0.348. The zero-order valence-corrected chi connectivity index (χ0v) is 13.4. The molecule has 3 heterocycles. The quantitative estimate of drug-likeness (QED) is 0.798. The van der Waals surface area contributed by atoms with E-state index in [9.17, 15) is 0 Å². The van der Waals surface area contributed by atoms with Crippen LogP contribution < -0.4 is 5.32 Å². The van der Waals surface area contributed by atoms with Crippen LogP contribution in [0.25, 0.3) is 16.3 Å². The lowest BCUT2D eigenvalue weighted by Crippen LogP contribution is -2.30. The van der Waals surface area contributed by atoms with E-state index in [1.54, 1.807) is 11.3 Å². The molecular formula is C16H19N5S. The molecule has 3 aromatic heterocycles. The first-order valence-electron chi connectivity index (χ1n) is 7.84. The molecule has 1 aliphatic carbocycles. The van der Waals surface area contributed by atoms with Crippen molar-refractivity contribution in [2.45, 2.75) is 38.6 Å². The van der Waals surface area contributed by atoms with Gasteiger partial charge in [-0.2, -0.15) is 4.52 Å². The molecule has 4 rings (SSSR count). The molecule has 0 bridgehead atoms. The molecule has 1 N–H and O–H groups in total.